The van der Waals surface area contributed by atoms with Gasteiger partial charge < -0.3 is 25.3 Å². The Balaban J connectivity index is 1.52. The molecular weight excluding hydrogens is 329 g/mol. The van der Waals surface area contributed by atoms with Crippen LogP contribution in [0, 0.1) is 5.92 Å². The topological polar surface area (TPSA) is 85.5 Å². The van der Waals surface area contributed by atoms with E-state index in [-0.39, 0.29) is 11.2 Å². The van der Waals surface area contributed by atoms with E-state index < -0.39 is 7.12 Å². The lowest BCUT2D eigenvalue weighted by atomic mass is 9.81. The van der Waals surface area contributed by atoms with Crippen LogP contribution < -0.4 is 16.5 Å². The van der Waals surface area contributed by atoms with Gasteiger partial charge in [0.05, 0.1) is 11.2 Å². The minimum Gasteiger partial charge on any atom is -0.399 e. The number of rotatable bonds is 6. The molecule has 1 unspecified atom stereocenters. The van der Waals surface area contributed by atoms with Crippen molar-refractivity contribution in [3.63, 3.8) is 0 Å². The lowest BCUT2D eigenvalue weighted by Crippen LogP contribution is -2.41. The quantitative estimate of drug-likeness (QED) is 0.727. The zero-order chi connectivity index (χ0) is 18.8. The Kier molecular flexibility index (Phi) is 5.86. The van der Waals surface area contributed by atoms with Gasteiger partial charge in [-0.25, -0.2) is 9.97 Å². The molecule has 2 fully saturated rings. The van der Waals surface area contributed by atoms with Crippen LogP contribution in [-0.4, -0.2) is 65.9 Å². The van der Waals surface area contributed by atoms with Gasteiger partial charge in [-0.2, -0.15) is 0 Å². The van der Waals surface area contributed by atoms with E-state index in [1.807, 2.05) is 27.7 Å². The molecular formula is C18H32BN5O2. The third-order valence-electron chi connectivity index (χ3n) is 5.79. The van der Waals surface area contributed by atoms with Crippen LogP contribution in [0.4, 0.5) is 5.95 Å². The van der Waals surface area contributed by atoms with Crippen molar-refractivity contribution >= 4 is 18.5 Å². The molecule has 3 heterocycles. The summed E-state index contributed by atoms with van der Waals surface area (Å²) in [6.07, 6.45) is 6.05. The second kappa shape index (κ2) is 7.80. The second-order valence-electron chi connectivity index (χ2n) is 8.41. The molecule has 0 saturated carbocycles. The molecule has 0 spiro atoms. The molecule has 0 aliphatic carbocycles. The largest absolute Gasteiger partial charge is 0.498 e. The molecule has 144 valence electrons. The first-order valence-corrected chi connectivity index (χ1v) is 9.64. The second-order valence-corrected chi connectivity index (χ2v) is 8.41. The fourth-order valence-electron chi connectivity index (χ4n) is 3.47. The Bertz CT molecular complexity index is 578. The number of likely N-dealkylation sites (tertiary alicyclic amines) is 1. The molecule has 2 aliphatic heterocycles. The summed E-state index contributed by atoms with van der Waals surface area (Å²) >= 11 is 0. The summed E-state index contributed by atoms with van der Waals surface area (Å²) in [7, 11) is -0.419. The van der Waals surface area contributed by atoms with Crippen molar-refractivity contribution in [2.45, 2.75) is 51.7 Å². The lowest BCUT2D eigenvalue weighted by molar-refractivity contribution is 0.00578. The van der Waals surface area contributed by atoms with Crippen molar-refractivity contribution < 1.29 is 9.31 Å². The Morgan fingerprint density at radius 1 is 1.23 bits per heavy atom. The highest BCUT2D eigenvalue weighted by molar-refractivity contribution is 6.61. The first-order valence-electron chi connectivity index (χ1n) is 9.64. The minimum absolute atomic E-state index is 0.356. The predicted octanol–water partition coefficient (Wildman–Crippen LogP) is 0.858. The van der Waals surface area contributed by atoms with Crippen molar-refractivity contribution in [3.8, 4) is 0 Å². The number of hydrogen-bond acceptors (Lipinski definition) is 7. The molecule has 1 aromatic heterocycles. The molecule has 7 nitrogen and oxygen atoms in total. The fraction of sp³-hybridized carbons (Fsp3) is 0.778. The summed E-state index contributed by atoms with van der Waals surface area (Å²) < 4.78 is 12.1. The average Bonchev–Trinajstić information content (AvgIpc) is 2.82. The fourth-order valence-corrected chi connectivity index (χ4v) is 3.47. The van der Waals surface area contributed by atoms with E-state index in [4.69, 9.17) is 15.0 Å². The number of nitrogens with one attached hydrogen (secondary N) is 1. The van der Waals surface area contributed by atoms with Crippen molar-refractivity contribution in [2.75, 3.05) is 38.0 Å². The third-order valence-corrected chi connectivity index (χ3v) is 5.79. The maximum Gasteiger partial charge on any atom is 0.498 e. The lowest BCUT2D eigenvalue weighted by Gasteiger charge is -2.32. The van der Waals surface area contributed by atoms with E-state index in [0.717, 1.165) is 38.2 Å². The molecule has 0 bridgehead atoms. The normalized spacial score (nSPS) is 25.4. The number of hydrogen-bond donors (Lipinski definition) is 2. The van der Waals surface area contributed by atoms with Crippen LogP contribution in [0.5, 0.6) is 0 Å². The average molecular weight is 361 g/mol. The summed E-state index contributed by atoms with van der Waals surface area (Å²) in [4.78, 5) is 11.3. The van der Waals surface area contributed by atoms with Crippen LogP contribution in [0.2, 0.25) is 0 Å². The SMILES string of the molecule is CC1(C)OB(c2cnc(NCC3CCCN(CCN)C3)nc2)OC1(C)C. The van der Waals surface area contributed by atoms with E-state index in [1.54, 1.807) is 12.4 Å². The summed E-state index contributed by atoms with van der Waals surface area (Å²) in [6.45, 7) is 13.0. The zero-order valence-corrected chi connectivity index (χ0v) is 16.5. The molecule has 1 aromatic rings. The number of piperidine rings is 1. The number of anilines is 1. The molecule has 3 N–H and O–H groups in total. The number of aromatic nitrogens is 2. The Hall–Kier alpha value is -1.22. The van der Waals surface area contributed by atoms with Gasteiger partial charge in [0, 0.05) is 44.0 Å². The summed E-state index contributed by atoms with van der Waals surface area (Å²) in [5, 5.41) is 3.37. The molecule has 8 heteroatoms. The first-order chi connectivity index (χ1) is 12.3. The number of nitrogens with zero attached hydrogens (tertiary/aromatic N) is 3. The molecule has 0 radical (unpaired) electrons. The molecule has 1 atom stereocenters. The van der Waals surface area contributed by atoms with Gasteiger partial charge in [-0.15, -0.1) is 0 Å². The molecule has 0 amide bonds. The van der Waals surface area contributed by atoms with Crippen molar-refractivity contribution in [3.05, 3.63) is 12.4 Å². The van der Waals surface area contributed by atoms with Crippen molar-refractivity contribution in [1.82, 2.24) is 14.9 Å². The van der Waals surface area contributed by atoms with Crippen LogP contribution in [0.15, 0.2) is 12.4 Å². The zero-order valence-electron chi connectivity index (χ0n) is 16.5. The molecule has 2 aliphatic rings. The smallest absolute Gasteiger partial charge is 0.399 e. The van der Waals surface area contributed by atoms with Crippen LogP contribution in [0.3, 0.4) is 0 Å². The van der Waals surface area contributed by atoms with Crippen LogP contribution >= 0.6 is 0 Å². The monoisotopic (exact) mass is 361 g/mol. The minimum atomic E-state index is -0.419. The number of nitrogens with two attached hydrogens (primary N) is 1. The molecule has 2 saturated heterocycles. The Labute approximate surface area is 157 Å². The van der Waals surface area contributed by atoms with E-state index in [9.17, 15) is 0 Å². The van der Waals surface area contributed by atoms with E-state index in [0.29, 0.717) is 11.9 Å². The molecule has 0 aromatic carbocycles. The first kappa shape index (κ1) is 19.5. The third kappa shape index (κ3) is 4.36. The molecule has 26 heavy (non-hydrogen) atoms. The summed E-state index contributed by atoms with van der Waals surface area (Å²) in [5.74, 6) is 1.27. The van der Waals surface area contributed by atoms with Gasteiger partial charge in [0.1, 0.15) is 0 Å². The Morgan fingerprint density at radius 2 is 1.88 bits per heavy atom. The van der Waals surface area contributed by atoms with Crippen LogP contribution in [0.1, 0.15) is 40.5 Å². The van der Waals surface area contributed by atoms with Crippen molar-refractivity contribution in [1.29, 1.82) is 0 Å². The highest BCUT2D eigenvalue weighted by Gasteiger charge is 2.51. The van der Waals surface area contributed by atoms with Crippen LogP contribution in [-0.2, 0) is 9.31 Å². The van der Waals surface area contributed by atoms with E-state index in [1.165, 1.54) is 12.8 Å². The summed E-state index contributed by atoms with van der Waals surface area (Å²) in [5.41, 5.74) is 5.81. The molecule has 3 rings (SSSR count). The Morgan fingerprint density at radius 3 is 2.50 bits per heavy atom. The van der Waals surface area contributed by atoms with Gasteiger partial charge in [0.15, 0.2) is 0 Å². The van der Waals surface area contributed by atoms with E-state index in [2.05, 4.69) is 20.2 Å². The maximum absolute atomic E-state index is 6.04. The van der Waals surface area contributed by atoms with Crippen LogP contribution in [0.25, 0.3) is 0 Å². The van der Waals surface area contributed by atoms with Gasteiger partial charge in [-0.3, -0.25) is 0 Å². The van der Waals surface area contributed by atoms with E-state index >= 15 is 0 Å². The van der Waals surface area contributed by atoms with Gasteiger partial charge in [0.2, 0.25) is 5.95 Å². The predicted molar refractivity (Wildman–Crippen MR) is 104 cm³/mol. The van der Waals surface area contributed by atoms with Gasteiger partial charge in [0.25, 0.3) is 0 Å². The van der Waals surface area contributed by atoms with Gasteiger partial charge >= 0.3 is 7.12 Å². The maximum atomic E-state index is 6.04. The summed E-state index contributed by atoms with van der Waals surface area (Å²) in [6, 6.07) is 0. The standard InChI is InChI=1S/C18H32BN5O2/c1-17(2)18(3,4)26-19(25-17)15-11-22-16(23-12-15)21-10-14-6-5-8-24(13-14)9-7-20/h11-12,14H,5-10,13,20H2,1-4H3,(H,21,22,23). The highest BCUT2D eigenvalue weighted by Crippen LogP contribution is 2.36. The van der Waals surface area contributed by atoms with Crippen molar-refractivity contribution in [2.24, 2.45) is 11.7 Å². The van der Waals surface area contributed by atoms with Gasteiger partial charge in [-0.05, 0) is 53.0 Å². The van der Waals surface area contributed by atoms with Gasteiger partial charge in [-0.1, -0.05) is 0 Å². The highest BCUT2D eigenvalue weighted by atomic mass is 16.7.